The molecule has 3 amide bonds. The Morgan fingerprint density at radius 3 is 2.62 bits per heavy atom. The Hall–Kier alpha value is -3.99. The first-order chi connectivity index (χ1) is 19.8. The van der Waals surface area contributed by atoms with Crippen molar-refractivity contribution in [2.45, 2.75) is 77.7 Å². The number of piperidine rings is 1. The van der Waals surface area contributed by atoms with Gasteiger partial charge in [0.15, 0.2) is 5.78 Å². The first kappa shape index (κ1) is 29.5. The van der Waals surface area contributed by atoms with Crippen LogP contribution in [0.3, 0.4) is 0 Å². The molecule has 1 saturated carbocycles. The fourth-order valence-corrected chi connectivity index (χ4v) is 6.12. The Morgan fingerprint density at radius 2 is 1.90 bits per heavy atom. The van der Waals surface area contributed by atoms with Gasteiger partial charge in [-0.15, -0.1) is 0 Å². The van der Waals surface area contributed by atoms with Gasteiger partial charge in [0.2, 0.25) is 11.8 Å². The third-order valence-corrected chi connectivity index (χ3v) is 7.93. The Labute approximate surface area is 247 Å². The third kappa shape index (κ3) is 5.97. The summed E-state index contributed by atoms with van der Waals surface area (Å²) in [7, 11) is 0. The summed E-state index contributed by atoms with van der Waals surface area (Å²) in [5, 5.41) is 10.3. The molecule has 2 heterocycles. The molecular weight excluding hydrogens is 565 g/mol. The van der Waals surface area contributed by atoms with Crippen LogP contribution in [0, 0.1) is 11.7 Å². The standard InChI is InChI=1S/C30H33ClFN5O5/c1-16(38)26-21-13-19(34-29(41)42-30(2,3)4)9-11-23(21)36(35-26)15-24(39)37-20-10-8-17(12-20)27(37)28(40)33-14-18-6-5-7-22(31)25(18)32/h5-7,9,11,13,17,20,27H,8,10,12,14-15H2,1-4H3,(H,33,40)(H,34,41)/t17-,20+,27-/m0/s1. The van der Waals surface area contributed by atoms with E-state index in [1.165, 1.54) is 17.7 Å². The van der Waals surface area contributed by atoms with Crippen molar-refractivity contribution < 1.29 is 28.3 Å². The molecule has 2 aliphatic rings. The van der Waals surface area contributed by atoms with Gasteiger partial charge in [0.25, 0.3) is 0 Å². The van der Waals surface area contributed by atoms with Gasteiger partial charge in [-0.25, -0.2) is 9.18 Å². The number of ether oxygens (including phenoxy) is 1. The summed E-state index contributed by atoms with van der Waals surface area (Å²) >= 11 is 5.87. The van der Waals surface area contributed by atoms with E-state index in [9.17, 15) is 23.6 Å². The lowest BCUT2D eigenvalue weighted by Gasteiger charge is -2.34. The number of amides is 3. The van der Waals surface area contributed by atoms with Gasteiger partial charge in [-0.2, -0.15) is 5.10 Å². The maximum Gasteiger partial charge on any atom is 0.412 e. The molecule has 222 valence electrons. The SMILES string of the molecule is CC(=O)c1nn(CC(=O)N2[C@@H]3CC[C@@H](C3)[C@H]2C(=O)NCc2cccc(Cl)c2F)c2ccc(NC(=O)OC(C)(C)C)cc12. The minimum Gasteiger partial charge on any atom is -0.444 e. The number of carbonyl (C=O) groups is 4. The minimum atomic E-state index is -0.683. The van der Waals surface area contributed by atoms with Crippen LogP contribution in [-0.2, 0) is 27.4 Å². The van der Waals surface area contributed by atoms with E-state index in [1.54, 1.807) is 56.0 Å². The van der Waals surface area contributed by atoms with E-state index in [2.05, 4.69) is 15.7 Å². The lowest BCUT2D eigenvalue weighted by molar-refractivity contribution is -0.143. The molecule has 2 bridgehead atoms. The van der Waals surface area contributed by atoms with Gasteiger partial charge < -0.3 is 15.0 Å². The fraction of sp³-hybridized carbons (Fsp3) is 0.433. The van der Waals surface area contributed by atoms with Crippen LogP contribution in [0.5, 0.6) is 0 Å². The van der Waals surface area contributed by atoms with Gasteiger partial charge >= 0.3 is 6.09 Å². The summed E-state index contributed by atoms with van der Waals surface area (Å²) < 4.78 is 21.1. The number of halogens is 2. The molecule has 1 aliphatic carbocycles. The van der Waals surface area contributed by atoms with Crippen LogP contribution in [0.1, 0.15) is 63.0 Å². The first-order valence-electron chi connectivity index (χ1n) is 13.9. The van der Waals surface area contributed by atoms with Crippen LogP contribution >= 0.6 is 11.6 Å². The number of anilines is 1. The summed E-state index contributed by atoms with van der Waals surface area (Å²) in [6.07, 6.45) is 1.69. The second-order valence-corrected chi connectivity index (χ2v) is 12.2. The molecule has 3 aromatic rings. The number of rotatable bonds is 7. The molecule has 42 heavy (non-hydrogen) atoms. The molecular formula is C30H33ClFN5O5. The van der Waals surface area contributed by atoms with Crippen molar-refractivity contribution in [1.82, 2.24) is 20.0 Å². The third-order valence-electron chi connectivity index (χ3n) is 7.64. The number of hydrogen-bond acceptors (Lipinski definition) is 6. The predicted octanol–water partition coefficient (Wildman–Crippen LogP) is 5.07. The highest BCUT2D eigenvalue weighted by Gasteiger charge is 2.51. The summed E-state index contributed by atoms with van der Waals surface area (Å²) in [5.41, 5.74) is 0.683. The van der Waals surface area contributed by atoms with E-state index in [1.807, 2.05) is 0 Å². The average molecular weight is 598 g/mol. The topological polar surface area (TPSA) is 123 Å². The number of Topliss-reactive ketones (excluding diaryl/α,β-unsaturated/α-hetero) is 1. The second kappa shape index (κ2) is 11.4. The van der Waals surface area contributed by atoms with E-state index in [0.29, 0.717) is 23.0 Å². The van der Waals surface area contributed by atoms with E-state index in [0.717, 1.165) is 12.8 Å². The summed E-state index contributed by atoms with van der Waals surface area (Å²) in [6, 6.07) is 8.77. The van der Waals surface area contributed by atoms with Gasteiger partial charge in [-0.3, -0.25) is 24.4 Å². The molecule has 0 radical (unpaired) electrons. The molecule has 0 spiro atoms. The molecule has 12 heteroatoms. The number of carbonyl (C=O) groups excluding carboxylic acids is 4. The molecule has 10 nitrogen and oxygen atoms in total. The van der Waals surface area contributed by atoms with E-state index in [4.69, 9.17) is 16.3 Å². The van der Waals surface area contributed by atoms with Gasteiger partial charge in [0.1, 0.15) is 29.7 Å². The lowest BCUT2D eigenvalue weighted by Crippen LogP contribution is -2.53. The Bertz CT molecular complexity index is 1580. The number of nitrogens with one attached hydrogen (secondary N) is 2. The molecule has 1 aliphatic heterocycles. The van der Waals surface area contributed by atoms with Gasteiger partial charge in [-0.1, -0.05) is 23.7 Å². The van der Waals surface area contributed by atoms with Crippen molar-refractivity contribution >= 4 is 51.9 Å². The van der Waals surface area contributed by atoms with Crippen LogP contribution in [-0.4, -0.2) is 56.1 Å². The molecule has 3 atom stereocenters. The Morgan fingerprint density at radius 1 is 1.14 bits per heavy atom. The number of fused-ring (bicyclic) bond motifs is 3. The Balaban J connectivity index is 1.35. The summed E-state index contributed by atoms with van der Waals surface area (Å²) in [4.78, 5) is 53.4. The number of aromatic nitrogens is 2. The van der Waals surface area contributed by atoms with Gasteiger partial charge in [0, 0.05) is 36.1 Å². The molecule has 1 aromatic heterocycles. The molecule has 1 saturated heterocycles. The smallest absolute Gasteiger partial charge is 0.412 e. The zero-order valence-electron chi connectivity index (χ0n) is 23.9. The lowest BCUT2D eigenvalue weighted by atomic mass is 9.97. The number of likely N-dealkylation sites (tertiary alicyclic amines) is 1. The second-order valence-electron chi connectivity index (χ2n) is 11.8. The molecule has 2 fully saturated rings. The van der Waals surface area contributed by atoms with E-state index in [-0.39, 0.29) is 58.9 Å². The quantitative estimate of drug-likeness (QED) is 0.367. The highest BCUT2D eigenvalue weighted by atomic mass is 35.5. The zero-order chi connectivity index (χ0) is 30.3. The van der Waals surface area contributed by atoms with Crippen molar-refractivity contribution in [1.29, 1.82) is 0 Å². The number of hydrogen-bond donors (Lipinski definition) is 2. The van der Waals surface area contributed by atoms with Crippen LogP contribution < -0.4 is 10.6 Å². The molecule has 2 aromatic carbocycles. The largest absolute Gasteiger partial charge is 0.444 e. The average Bonchev–Trinajstić information content (AvgIpc) is 3.61. The van der Waals surface area contributed by atoms with Crippen LogP contribution in [0.4, 0.5) is 14.9 Å². The van der Waals surface area contributed by atoms with Crippen molar-refractivity contribution in [3.05, 3.63) is 58.5 Å². The molecule has 0 unspecified atom stereocenters. The van der Waals surface area contributed by atoms with Gasteiger partial charge in [0.05, 0.1) is 10.5 Å². The van der Waals surface area contributed by atoms with Gasteiger partial charge in [-0.05, 0) is 70.2 Å². The maximum absolute atomic E-state index is 14.4. The number of benzene rings is 2. The van der Waals surface area contributed by atoms with Crippen LogP contribution in [0.25, 0.3) is 10.9 Å². The Kier molecular flexibility index (Phi) is 7.98. The summed E-state index contributed by atoms with van der Waals surface area (Å²) in [6.45, 7) is 6.41. The predicted molar refractivity (Wildman–Crippen MR) is 155 cm³/mol. The highest BCUT2D eigenvalue weighted by Crippen LogP contribution is 2.43. The number of nitrogens with zero attached hydrogens (tertiary/aromatic N) is 3. The van der Waals surface area contributed by atoms with Crippen molar-refractivity contribution in [2.75, 3.05) is 5.32 Å². The maximum atomic E-state index is 14.4. The zero-order valence-corrected chi connectivity index (χ0v) is 24.6. The molecule has 2 N–H and O–H groups in total. The normalized spacial score (nSPS) is 19.7. The fourth-order valence-electron chi connectivity index (χ4n) is 5.93. The highest BCUT2D eigenvalue weighted by molar-refractivity contribution is 6.30. The van der Waals surface area contributed by atoms with Crippen molar-refractivity contribution in [3.8, 4) is 0 Å². The van der Waals surface area contributed by atoms with Crippen molar-refractivity contribution in [2.24, 2.45) is 5.92 Å². The summed E-state index contributed by atoms with van der Waals surface area (Å²) in [5.74, 6) is -1.52. The van der Waals surface area contributed by atoms with Crippen LogP contribution in [0.2, 0.25) is 5.02 Å². The number of ketones is 1. The van der Waals surface area contributed by atoms with E-state index >= 15 is 0 Å². The first-order valence-corrected chi connectivity index (χ1v) is 14.2. The monoisotopic (exact) mass is 597 g/mol. The molecule has 5 rings (SSSR count). The van der Waals surface area contributed by atoms with Crippen LogP contribution in [0.15, 0.2) is 36.4 Å². The van der Waals surface area contributed by atoms with E-state index < -0.39 is 23.6 Å². The van der Waals surface area contributed by atoms with Crippen molar-refractivity contribution in [3.63, 3.8) is 0 Å². The minimum absolute atomic E-state index is 0.00629.